The number of hydrogen-bond donors (Lipinski definition) is 2. The fourth-order valence-electron chi connectivity index (χ4n) is 4.91. The first-order valence-electron chi connectivity index (χ1n) is 14.8. The molecule has 1 aliphatic heterocycles. The fraction of sp³-hybridized carbons (Fsp3) is 0.242. The average molecular weight is 676 g/mol. The van der Waals surface area contributed by atoms with Crippen LogP contribution in [-0.4, -0.2) is 83.7 Å². The Bertz CT molecular complexity index is 1910. The number of esters is 2. The van der Waals surface area contributed by atoms with Gasteiger partial charge in [0.2, 0.25) is 6.10 Å². The number of carbonyl (C=O) groups excluding carboxylic acids is 5. The van der Waals surface area contributed by atoms with Gasteiger partial charge in [-0.1, -0.05) is 35.5 Å². The third-order valence-electron chi connectivity index (χ3n) is 7.21. The van der Waals surface area contributed by atoms with E-state index in [-0.39, 0.29) is 42.5 Å². The van der Waals surface area contributed by atoms with Gasteiger partial charge in [-0.25, -0.2) is 9.18 Å². The summed E-state index contributed by atoms with van der Waals surface area (Å²) in [6, 6.07) is 18.2. The van der Waals surface area contributed by atoms with Crippen LogP contribution in [0.15, 0.2) is 82.1 Å². The molecule has 0 spiro atoms. The predicted molar refractivity (Wildman–Crippen MR) is 168 cm³/mol. The molecule has 0 unspecified atom stereocenters. The molecule has 2 N–H and O–H groups in total. The minimum atomic E-state index is -1.75. The number of aromatic amines is 1. The van der Waals surface area contributed by atoms with Crippen LogP contribution in [-0.2, 0) is 40.0 Å². The maximum Gasteiger partial charge on any atom is 0.439 e. The highest BCUT2D eigenvalue weighted by Gasteiger charge is 2.43. The van der Waals surface area contributed by atoms with Crippen molar-refractivity contribution < 1.29 is 47.1 Å². The Morgan fingerprint density at radius 1 is 1.08 bits per heavy atom. The lowest BCUT2D eigenvalue weighted by Gasteiger charge is -2.35. The van der Waals surface area contributed by atoms with Gasteiger partial charge in [-0.3, -0.25) is 33.5 Å². The van der Waals surface area contributed by atoms with Crippen molar-refractivity contribution in [1.29, 1.82) is 0 Å². The number of carbonyl (C=O) groups is 5. The highest BCUT2D eigenvalue weighted by atomic mass is 19.1. The zero-order chi connectivity index (χ0) is 35.1. The van der Waals surface area contributed by atoms with E-state index in [2.05, 4.69) is 20.0 Å². The van der Waals surface area contributed by atoms with E-state index < -0.39 is 60.0 Å². The fourth-order valence-corrected chi connectivity index (χ4v) is 4.91. The van der Waals surface area contributed by atoms with Crippen LogP contribution in [0.4, 0.5) is 15.8 Å². The first-order chi connectivity index (χ1) is 23.5. The predicted octanol–water partition coefficient (Wildman–Crippen LogP) is 2.29. The molecule has 2 heterocycles. The van der Waals surface area contributed by atoms with Crippen molar-refractivity contribution in [2.24, 2.45) is 0 Å². The van der Waals surface area contributed by atoms with Crippen molar-refractivity contribution in [3.05, 3.63) is 100 Å². The molecule has 49 heavy (non-hydrogen) atoms. The molecule has 254 valence electrons. The minimum Gasteiger partial charge on any atom is -0.459 e. The number of benzene rings is 3. The van der Waals surface area contributed by atoms with Crippen LogP contribution >= 0.6 is 0 Å². The third kappa shape index (κ3) is 8.61. The second-order valence-electron chi connectivity index (χ2n) is 10.8. The van der Waals surface area contributed by atoms with Crippen molar-refractivity contribution in [2.45, 2.75) is 25.7 Å². The molecule has 0 saturated carbocycles. The van der Waals surface area contributed by atoms with Crippen LogP contribution in [0.2, 0.25) is 0 Å². The van der Waals surface area contributed by atoms with E-state index in [0.29, 0.717) is 5.56 Å². The smallest absolute Gasteiger partial charge is 0.439 e. The van der Waals surface area contributed by atoms with E-state index in [0.717, 1.165) is 34.4 Å². The van der Waals surface area contributed by atoms with E-state index in [9.17, 15) is 33.2 Å². The number of hydrogen-bond acceptors (Lipinski definition) is 11. The molecule has 16 heteroatoms. The molecule has 3 amide bonds. The normalized spacial score (nSPS) is 14.9. The van der Waals surface area contributed by atoms with Crippen molar-refractivity contribution in [3.63, 3.8) is 0 Å². The molecule has 3 aromatic carbocycles. The topological polar surface area (TPSA) is 190 Å². The van der Waals surface area contributed by atoms with Gasteiger partial charge in [0.1, 0.15) is 19.0 Å². The maximum atomic E-state index is 14.8. The summed E-state index contributed by atoms with van der Waals surface area (Å²) in [4.78, 5) is 80.3. The van der Waals surface area contributed by atoms with Crippen molar-refractivity contribution in [1.82, 2.24) is 15.0 Å². The van der Waals surface area contributed by atoms with Gasteiger partial charge in [-0.05, 0) is 48.0 Å². The number of nitrogens with one attached hydrogen (secondary N) is 2. The molecule has 5 rings (SSSR count). The summed E-state index contributed by atoms with van der Waals surface area (Å²) in [5.74, 6) is -5.42. The standard InChI is InChI=1S/C33H30FN5O10/c1-19(40)48-27(30(42)35-24-10-8-21(9-11-24)29-36-33(45)49-37-29)28-32(44)39(12-13-46-28)25-15-22(14-23(34)16-25)31(43)38(2)17-26(41)47-18-20-6-4-3-5-7-20/h3-11,14-16,27-28H,12-13,17-18H2,1-2H3,(H,35,42)(H,36,37,45)/t27-,28-/m1/s1. The Kier molecular flexibility index (Phi) is 10.6. The third-order valence-corrected chi connectivity index (χ3v) is 7.21. The number of aromatic nitrogens is 2. The van der Waals surface area contributed by atoms with Gasteiger partial charge >= 0.3 is 17.7 Å². The highest BCUT2D eigenvalue weighted by Crippen LogP contribution is 2.26. The number of rotatable bonds is 11. The molecular formula is C33H30FN5O10. The second-order valence-corrected chi connectivity index (χ2v) is 10.8. The van der Waals surface area contributed by atoms with Gasteiger partial charge in [0.15, 0.2) is 11.9 Å². The summed E-state index contributed by atoms with van der Waals surface area (Å²) < 4.78 is 35.4. The second kappa shape index (κ2) is 15.2. The van der Waals surface area contributed by atoms with E-state index >= 15 is 0 Å². The van der Waals surface area contributed by atoms with Gasteiger partial charge < -0.3 is 29.3 Å². The maximum absolute atomic E-state index is 14.8. The van der Waals surface area contributed by atoms with Crippen LogP contribution in [0, 0.1) is 5.82 Å². The highest BCUT2D eigenvalue weighted by molar-refractivity contribution is 6.05. The largest absolute Gasteiger partial charge is 0.459 e. The van der Waals surface area contributed by atoms with Gasteiger partial charge in [-0.15, -0.1) is 0 Å². The van der Waals surface area contributed by atoms with Crippen molar-refractivity contribution in [2.75, 3.05) is 37.0 Å². The first-order valence-corrected chi connectivity index (χ1v) is 14.8. The zero-order valence-corrected chi connectivity index (χ0v) is 26.2. The number of halogens is 1. The van der Waals surface area contributed by atoms with Crippen LogP contribution < -0.4 is 16.0 Å². The summed E-state index contributed by atoms with van der Waals surface area (Å²) in [6.07, 6.45) is -3.37. The minimum absolute atomic E-state index is 0.0115. The number of morpholine rings is 1. The van der Waals surface area contributed by atoms with Gasteiger partial charge in [0.05, 0.1) is 6.61 Å². The molecular weight excluding hydrogens is 645 g/mol. The molecule has 1 saturated heterocycles. The SMILES string of the molecule is CC(=O)O[C@@H](C(=O)Nc1ccc(-c2noc(=O)[nH]2)cc1)[C@H]1OCCN(c2cc(F)cc(C(=O)N(C)CC(=O)OCc3ccccc3)c2)C1=O. The van der Waals surface area contributed by atoms with Crippen molar-refractivity contribution >= 4 is 41.0 Å². The molecule has 2 atom stereocenters. The molecule has 1 fully saturated rings. The van der Waals surface area contributed by atoms with E-state index in [1.54, 1.807) is 24.3 Å². The lowest BCUT2D eigenvalue weighted by molar-refractivity contribution is -0.167. The van der Waals surface area contributed by atoms with Crippen LogP contribution in [0.3, 0.4) is 0 Å². The number of H-pyrrole nitrogens is 1. The lowest BCUT2D eigenvalue weighted by Crippen LogP contribution is -2.56. The Balaban J connectivity index is 1.28. The van der Waals surface area contributed by atoms with Gasteiger partial charge in [0, 0.05) is 43.0 Å². The van der Waals surface area contributed by atoms with Crippen LogP contribution in [0.1, 0.15) is 22.8 Å². The molecule has 15 nitrogen and oxygen atoms in total. The summed E-state index contributed by atoms with van der Waals surface area (Å²) >= 11 is 0. The number of amides is 3. The summed E-state index contributed by atoms with van der Waals surface area (Å²) in [6.45, 7) is 0.444. The van der Waals surface area contributed by atoms with Gasteiger partial charge in [0.25, 0.3) is 17.7 Å². The van der Waals surface area contributed by atoms with E-state index in [4.69, 9.17) is 14.2 Å². The summed E-state index contributed by atoms with van der Waals surface area (Å²) in [7, 11) is 1.34. The number of nitrogens with zero attached hydrogens (tertiary/aromatic N) is 3. The Labute approximate surface area is 277 Å². The summed E-state index contributed by atoms with van der Waals surface area (Å²) in [5, 5.41) is 6.14. The van der Waals surface area contributed by atoms with Crippen LogP contribution in [0.5, 0.6) is 0 Å². The zero-order valence-electron chi connectivity index (χ0n) is 26.2. The summed E-state index contributed by atoms with van der Waals surface area (Å²) in [5.41, 5.74) is 1.31. The average Bonchev–Trinajstić information content (AvgIpc) is 3.52. The number of ether oxygens (including phenoxy) is 3. The Hall–Kier alpha value is -6.16. The van der Waals surface area contributed by atoms with Gasteiger partial charge in [-0.2, -0.15) is 0 Å². The molecule has 1 aromatic heterocycles. The van der Waals surface area contributed by atoms with E-state index in [1.165, 1.54) is 37.4 Å². The Morgan fingerprint density at radius 3 is 2.49 bits per heavy atom. The Morgan fingerprint density at radius 2 is 1.82 bits per heavy atom. The monoisotopic (exact) mass is 675 g/mol. The van der Waals surface area contributed by atoms with Crippen LogP contribution in [0.25, 0.3) is 11.4 Å². The molecule has 4 aromatic rings. The number of likely N-dealkylation sites (N-methyl/N-ethyl adjacent to an activating group) is 1. The quantitative estimate of drug-likeness (QED) is 0.222. The first kappa shape index (κ1) is 34.2. The number of anilines is 2. The van der Waals surface area contributed by atoms with E-state index in [1.807, 2.05) is 6.07 Å². The molecule has 1 aliphatic rings. The molecule has 0 radical (unpaired) electrons. The lowest BCUT2D eigenvalue weighted by atomic mass is 10.1. The molecule has 0 bridgehead atoms. The molecule has 0 aliphatic carbocycles. The van der Waals surface area contributed by atoms with Crippen molar-refractivity contribution in [3.8, 4) is 11.4 Å².